The van der Waals surface area contributed by atoms with Crippen molar-refractivity contribution in [3.05, 3.63) is 65.7 Å². The minimum absolute atomic E-state index is 0.0222. The summed E-state index contributed by atoms with van der Waals surface area (Å²) in [5.41, 5.74) is 7.07. The van der Waals surface area contributed by atoms with Gasteiger partial charge in [0, 0.05) is 37.4 Å². The Labute approximate surface area is 159 Å². The number of hydrogen-bond acceptors (Lipinski definition) is 4. The maximum atomic E-state index is 12.6. The van der Waals surface area contributed by atoms with E-state index in [1.807, 2.05) is 35.2 Å². The maximum absolute atomic E-state index is 12.6. The lowest BCUT2D eigenvalue weighted by atomic mass is 9.92. The van der Waals surface area contributed by atoms with Gasteiger partial charge in [-0.25, -0.2) is 0 Å². The minimum Gasteiger partial charge on any atom is -0.336 e. The molecule has 142 valence electrons. The standard InChI is InChI=1S/C21H26N4O2/c1-21(22,17-6-4-3-5-7-17)20(27)23-18-10-8-16(9-11-18)19(26)25-14-12-24(2)13-15-25/h3-11H,12-15,22H2,1-2H3,(H,23,27). The number of anilines is 1. The summed E-state index contributed by atoms with van der Waals surface area (Å²) in [7, 11) is 2.06. The Hall–Kier alpha value is -2.70. The predicted octanol–water partition coefficient (Wildman–Crippen LogP) is 1.89. The molecule has 1 atom stereocenters. The smallest absolute Gasteiger partial charge is 0.253 e. The monoisotopic (exact) mass is 366 g/mol. The summed E-state index contributed by atoms with van der Waals surface area (Å²) in [5, 5.41) is 2.84. The summed E-state index contributed by atoms with van der Waals surface area (Å²) in [4.78, 5) is 29.3. The highest BCUT2D eigenvalue weighted by Gasteiger charge is 2.30. The molecule has 27 heavy (non-hydrogen) atoms. The fraction of sp³-hybridized carbons (Fsp3) is 0.333. The van der Waals surface area contributed by atoms with Gasteiger partial charge >= 0.3 is 0 Å². The van der Waals surface area contributed by atoms with Crippen molar-refractivity contribution in [3.63, 3.8) is 0 Å². The largest absolute Gasteiger partial charge is 0.336 e. The average molecular weight is 366 g/mol. The highest BCUT2D eigenvalue weighted by atomic mass is 16.2. The Balaban J connectivity index is 1.65. The first-order valence-electron chi connectivity index (χ1n) is 9.11. The molecule has 1 saturated heterocycles. The summed E-state index contributed by atoms with van der Waals surface area (Å²) in [6, 6.07) is 16.2. The zero-order valence-electron chi connectivity index (χ0n) is 15.8. The Bertz CT molecular complexity index is 795. The number of nitrogens with one attached hydrogen (secondary N) is 1. The van der Waals surface area contributed by atoms with E-state index >= 15 is 0 Å². The number of carbonyl (C=O) groups is 2. The van der Waals surface area contributed by atoms with Crippen LogP contribution in [0.2, 0.25) is 0 Å². The van der Waals surface area contributed by atoms with Gasteiger partial charge in [0.15, 0.2) is 0 Å². The molecule has 1 fully saturated rings. The number of piperazine rings is 1. The van der Waals surface area contributed by atoms with Gasteiger partial charge in [-0.3, -0.25) is 9.59 Å². The Morgan fingerprint density at radius 3 is 2.15 bits per heavy atom. The van der Waals surface area contributed by atoms with Gasteiger partial charge in [0.05, 0.1) is 0 Å². The number of rotatable bonds is 4. The molecule has 0 saturated carbocycles. The molecule has 1 aliphatic rings. The van der Waals surface area contributed by atoms with Crippen LogP contribution in [0, 0.1) is 0 Å². The topological polar surface area (TPSA) is 78.7 Å². The van der Waals surface area contributed by atoms with E-state index in [0.717, 1.165) is 31.7 Å². The summed E-state index contributed by atoms with van der Waals surface area (Å²) < 4.78 is 0. The molecule has 3 N–H and O–H groups in total. The highest BCUT2D eigenvalue weighted by molar-refractivity contribution is 5.99. The normalized spacial score (nSPS) is 17.2. The van der Waals surface area contributed by atoms with E-state index in [4.69, 9.17) is 5.73 Å². The number of amides is 2. The Morgan fingerprint density at radius 1 is 0.963 bits per heavy atom. The molecule has 2 aromatic rings. The first-order chi connectivity index (χ1) is 12.9. The van der Waals surface area contributed by atoms with Crippen molar-refractivity contribution in [2.45, 2.75) is 12.5 Å². The molecule has 1 unspecified atom stereocenters. The lowest BCUT2D eigenvalue weighted by Gasteiger charge is -2.32. The predicted molar refractivity (Wildman–Crippen MR) is 106 cm³/mol. The van der Waals surface area contributed by atoms with Gasteiger partial charge in [-0.15, -0.1) is 0 Å². The lowest BCUT2D eigenvalue weighted by Crippen LogP contribution is -2.47. The van der Waals surface area contributed by atoms with Crippen LogP contribution in [0.3, 0.4) is 0 Å². The van der Waals surface area contributed by atoms with Gasteiger partial charge in [0.1, 0.15) is 5.54 Å². The van der Waals surface area contributed by atoms with E-state index in [-0.39, 0.29) is 11.8 Å². The zero-order valence-corrected chi connectivity index (χ0v) is 15.8. The summed E-state index contributed by atoms with van der Waals surface area (Å²) in [6.45, 7) is 4.92. The van der Waals surface area contributed by atoms with Crippen LogP contribution >= 0.6 is 0 Å². The fourth-order valence-electron chi connectivity index (χ4n) is 3.06. The van der Waals surface area contributed by atoms with Gasteiger partial charge in [-0.1, -0.05) is 30.3 Å². The van der Waals surface area contributed by atoms with Crippen LogP contribution in [0.25, 0.3) is 0 Å². The number of carbonyl (C=O) groups excluding carboxylic acids is 2. The van der Waals surface area contributed by atoms with E-state index in [1.54, 1.807) is 31.2 Å². The van der Waals surface area contributed by atoms with Crippen LogP contribution in [-0.2, 0) is 10.3 Å². The average Bonchev–Trinajstić information content (AvgIpc) is 2.69. The van der Waals surface area contributed by atoms with Gasteiger partial charge in [-0.05, 0) is 43.8 Å². The molecule has 6 heteroatoms. The third-order valence-corrected chi connectivity index (χ3v) is 5.03. The second-order valence-corrected chi connectivity index (χ2v) is 7.20. The third kappa shape index (κ3) is 4.35. The second kappa shape index (κ2) is 7.90. The quantitative estimate of drug-likeness (QED) is 0.866. The molecule has 3 rings (SSSR count). The van der Waals surface area contributed by atoms with Gasteiger partial charge in [0.2, 0.25) is 5.91 Å². The van der Waals surface area contributed by atoms with E-state index in [0.29, 0.717) is 11.3 Å². The summed E-state index contributed by atoms with van der Waals surface area (Å²) in [5.74, 6) is -0.277. The zero-order chi connectivity index (χ0) is 19.4. The van der Waals surface area contributed by atoms with Crippen LogP contribution in [0.1, 0.15) is 22.8 Å². The van der Waals surface area contributed by atoms with E-state index in [9.17, 15) is 9.59 Å². The molecule has 2 amide bonds. The molecule has 0 spiro atoms. The van der Waals surface area contributed by atoms with E-state index in [2.05, 4.69) is 17.3 Å². The van der Waals surface area contributed by atoms with Crippen LogP contribution in [0.5, 0.6) is 0 Å². The van der Waals surface area contributed by atoms with Gasteiger partial charge in [-0.2, -0.15) is 0 Å². The van der Waals surface area contributed by atoms with Crippen molar-refractivity contribution < 1.29 is 9.59 Å². The second-order valence-electron chi connectivity index (χ2n) is 7.20. The molecule has 6 nitrogen and oxygen atoms in total. The van der Waals surface area contributed by atoms with Crippen molar-refractivity contribution in [1.82, 2.24) is 9.80 Å². The highest BCUT2D eigenvalue weighted by Crippen LogP contribution is 2.20. The molecule has 0 aromatic heterocycles. The minimum atomic E-state index is -1.14. The van der Waals surface area contributed by atoms with Crippen LogP contribution in [0.15, 0.2) is 54.6 Å². The van der Waals surface area contributed by atoms with Crippen molar-refractivity contribution in [3.8, 4) is 0 Å². The molecule has 0 radical (unpaired) electrons. The van der Waals surface area contributed by atoms with Crippen LogP contribution in [0.4, 0.5) is 5.69 Å². The van der Waals surface area contributed by atoms with Crippen molar-refractivity contribution in [2.24, 2.45) is 5.73 Å². The molecule has 1 heterocycles. The molecule has 0 aliphatic carbocycles. The first kappa shape index (κ1) is 19.1. The number of nitrogens with two attached hydrogens (primary N) is 1. The molecular formula is C21H26N4O2. The summed E-state index contributed by atoms with van der Waals surface area (Å²) in [6.07, 6.45) is 0. The fourth-order valence-corrected chi connectivity index (χ4v) is 3.06. The number of nitrogens with zero attached hydrogens (tertiary/aromatic N) is 2. The Morgan fingerprint density at radius 2 is 1.56 bits per heavy atom. The first-order valence-corrected chi connectivity index (χ1v) is 9.11. The van der Waals surface area contributed by atoms with Gasteiger partial charge in [0.25, 0.3) is 5.91 Å². The van der Waals surface area contributed by atoms with Crippen molar-refractivity contribution >= 4 is 17.5 Å². The van der Waals surface area contributed by atoms with Crippen molar-refractivity contribution in [2.75, 3.05) is 38.5 Å². The van der Waals surface area contributed by atoms with Crippen molar-refractivity contribution in [1.29, 1.82) is 0 Å². The third-order valence-electron chi connectivity index (χ3n) is 5.03. The van der Waals surface area contributed by atoms with Crippen LogP contribution < -0.4 is 11.1 Å². The SMILES string of the molecule is CN1CCN(C(=O)c2ccc(NC(=O)C(C)(N)c3ccccc3)cc2)CC1. The maximum Gasteiger partial charge on any atom is 0.253 e. The Kier molecular flexibility index (Phi) is 5.58. The number of likely N-dealkylation sites (N-methyl/N-ethyl adjacent to an activating group) is 1. The molecule has 1 aliphatic heterocycles. The molecular weight excluding hydrogens is 340 g/mol. The number of hydrogen-bond donors (Lipinski definition) is 2. The van der Waals surface area contributed by atoms with E-state index < -0.39 is 5.54 Å². The lowest BCUT2D eigenvalue weighted by molar-refractivity contribution is -0.120. The molecule has 2 aromatic carbocycles. The van der Waals surface area contributed by atoms with Gasteiger partial charge < -0.3 is 20.9 Å². The van der Waals surface area contributed by atoms with E-state index in [1.165, 1.54) is 0 Å². The van der Waals surface area contributed by atoms with Crippen LogP contribution in [-0.4, -0.2) is 54.8 Å². The summed E-state index contributed by atoms with van der Waals surface area (Å²) >= 11 is 0. The number of benzene rings is 2. The molecule has 0 bridgehead atoms.